The normalized spacial score (nSPS) is 14.7. The van der Waals surface area contributed by atoms with E-state index in [-0.39, 0.29) is 75.3 Å². The van der Waals surface area contributed by atoms with Crippen LogP contribution in [0.25, 0.3) is 10.9 Å². The minimum Gasteiger partial charge on any atom is -0.502 e. The molecule has 1 aliphatic rings. The van der Waals surface area contributed by atoms with E-state index in [4.69, 9.17) is 10.5 Å². The first-order chi connectivity index (χ1) is 10.1. The smallest absolute Gasteiger partial charge is 0.502 e. The van der Waals surface area contributed by atoms with Gasteiger partial charge in [0.2, 0.25) is 0 Å². The number of rotatable bonds is 2. The quantitative estimate of drug-likeness (QED) is 0.504. The van der Waals surface area contributed by atoms with Crippen LogP contribution in [0.4, 0.5) is 16.2 Å². The largest absolute Gasteiger partial charge is 1.00 e. The number of nitrogen functional groups attached to an aromatic ring is 1. The molecule has 0 aliphatic carbocycles. The second kappa shape index (κ2) is 7.35. The van der Waals surface area contributed by atoms with E-state index in [1.165, 1.54) is 13.2 Å². The summed E-state index contributed by atoms with van der Waals surface area (Å²) in [4.78, 5) is 10.2. The van der Waals surface area contributed by atoms with Crippen LogP contribution in [0.1, 0.15) is 0 Å². The monoisotopic (exact) mass is 377 g/mol. The molecule has 0 spiro atoms. The molecule has 1 aromatic carbocycles. The van der Waals surface area contributed by atoms with Crippen LogP contribution in [0, 0.1) is 12.4 Å². The molecule has 0 amide bonds. The van der Waals surface area contributed by atoms with Crippen molar-refractivity contribution in [3.05, 3.63) is 18.4 Å². The number of aromatic nitrogens is 2. The summed E-state index contributed by atoms with van der Waals surface area (Å²) in [5, 5.41) is 13.2. The number of benzene rings is 1. The van der Waals surface area contributed by atoms with Gasteiger partial charge in [-0.15, -0.1) is 6.54 Å². The van der Waals surface area contributed by atoms with Gasteiger partial charge in [0, 0.05) is 18.5 Å². The van der Waals surface area contributed by atoms with Crippen LogP contribution in [0.2, 0.25) is 0 Å². The Morgan fingerprint density at radius 2 is 2.27 bits per heavy atom. The van der Waals surface area contributed by atoms with Gasteiger partial charge in [-0.3, -0.25) is 0 Å². The fourth-order valence-corrected chi connectivity index (χ4v) is 2.24. The van der Waals surface area contributed by atoms with E-state index < -0.39 is 11.6 Å². The average Bonchev–Trinajstić information content (AvgIpc) is 2.52. The van der Waals surface area contributed by atoms with Gasteiger partial charge in [-0.05, 0) is 6.07 Å². The second-order valence-corrected chi connectivity index (χ2v) is 4.63. The standard InChI is InChI=1S/C13H15FN5O2.Rb/c1-21-8-6-7-10(9(14)11(8)20)17-13(18-12(7)15)19-4-2-16-3-5-19;/h4,6,16,20H,2-3,5H2,1H3,(H2,15,17,18);/q-1;+1. The van der Waals surface area contributed by atoms with Crippen LogP contribution >= 0.6 is 0 Å². The van der Waals surface area contributed by atoms with Gasteiger partial charge in [0.25, 0.3) is 0 Å². The van der Waals surface area contributed by atoms with Crippen LogP contribution in [0.5, 0.6) is 11.5 Å². The number of halogens is 1. The number of ether oxygens (including phenoxy) is 1. The maximum Gasteiger partial charge on any atom is 1.00 e. The molecule has 112 valence electrons. The summed E-state index contributed by atoms with van der Waals surface area (Å²) in [7, 11) is 1.33. The summed E-state index contributed by atoms with van der Waals surface area (Å²) in [6, 6.07) is 1.42. The van der Waals surface area contributed by atoms with E-state index in [0.717, 1.165) is 6.54 Å². The molecule has 2 heterocycles. The zero-order valence-electron chi connectivity index (χ0n) is 12.4. The number of nitrogens with two attached hydrogens (primary N) is 1. The molecule has 1 aromatic heterocycles. The Morgan fingerprint density at radius 3 is 2.91 bits per heavy atom. The zero-order chi connectivity index (χ0) is 15.0. The predicted octanol–water partition coefficient (Wildman–Crippen LogP) is -2.36. The van der Waals surface area contributed by atoms with E-state index >= 15 is 0 Å². The molecule has 0 bridgehead atoms. The van der Waals surface area contributed by atoms with Crippen molar-refractivity contribution in [2.24, 2.45) is 0 Å². The molecule has 0 atom stereocenters. The van der Waals surface area contributed by atoms with Crippen molar-refractivity contribution in [1.82, 2.24) is 15.3 Å². The number of fused-ring (bicyclic) bond motifs is 1. The number of nitrogens with zero attached hydrogens (tertiary/aromatic N) is 3. The number of aromatic hydroxyl groups is 1. The van der Waals surface area contributed by atoms with Crippen molar-refractivity contribution in [1.29, 1.82) is 0 Å². The summed E-state index contributed by atoms with van der Waals surface area (Å²) >= 11 is 0. The number of piperazine rings is 1. The van der Waals surface area contributed by atoms with Crippen LogP contribution < -0.4 is 78.9 Å². The number of methoxy groups -OCH3 is 1. The third kappa shape index (κ3) is 3.21. The van der Waals surface area contributed by atoms with E-state index in [1.54, 1.807) is 4.90 Å². The molecular formula is C13H15FN5O2Rb. The Labute approximate surface area is 175 Å². The molecule has 0 saturated carbocycles. The van der Waals surface area contributed by atoms with Crippen molar-refractivity contribution in [3.63, 3.8) is 0 Å². The molecule has 1 fully saturated rings. The summed E-state index contributed by atoms with van der Waals surface area (Å²) < 4.78 is 19.2. The van der Waals surface area contributed by atoms with E-state index in [2.05, 4.69) is 15.3 Å². The summed E-state index contributed by atoms with van der Waals surface area (Å²) in [6.07, 6.45) is 0. The molecule has 0 radical (unpaired) electrons. The number of anilines is 2. The second-order valence-electron chi connectivity index (χ2n) is 4.63. The Balaban J connectivity index is 0.00000176. The maximum absolute atomic E-state index is 14.3. The molecule has 1 saturated heterocycles. The molecule has 1 aliphatic heterocycles. The molecule has 22 heavy (non-hydrogen) atoms. The van der Waals surface area contributed by atoms with Crippen molar-refractivity contribution >= 4 is 22.7 Å². The van der Waals surface area contributed by atoms with E-state index in [1.807, 2.05) is 6.54 Å². The van der Waals surface area contributed by atoms with E-state index in [9.17, 15) is 9.50 Å². The van der Waals surface area contributed by atoms with Gasteiger partial charge >= 0.3 is 58.2 Å². The molecule has 9 heteroatoms. The molecule has 3 rings (SSSR count). The Morgan fingerprint density at radius 1 is 1.50 bits per heavy atom. The van der Waals surface area contributed by atoms with Gasteiger partial charge in [-0.1, -0.05) is 0 Å². The van der Waals surface area contributed by atoms with Crippen LogP contribution in [-0.4, -0.2) is 41.8 Å². The number of phenolic OH excluding ortho intramolecular Hbond substituents is 1. The number of phenols is 1. The van der Waals surface area contributed by atoms with Crippen molar-refractivity contribution in [2.75, 3.05) is 37.4 Å². The molecule has 4 N–H and O–H groups in total. The fraction of sp³-hybridized carbons (Fsp3) is 0.308. The first-order valence-corrected chi connectivity index (χ1v) is 6.45. The minimum atomic E-state index is -0.866. The van der Waals surface area contributed by atoms with E-state index in [0.29, 0.717) is 24.4 Å². The van der Waals surface area contributed by atoms with Crippen molar-refractivity contribution in [3.8, 4) is 11.5 Å². The number of hydrogen-bond donors (Lipinski definition) is 3. The third-order valence-corrected chi connectivity index (χ3v) is 3.35. The Kier molecular flexibility index (Phi) is 5.95. The maximum atomic E-state index is 14.3. The topological polar surface area (TPSA) is 96.5 Å². The predicted molar refractivity (Wildman–Crippen MR) is 76.6 cm³/mol. The van der Waals surface area contributed by atoms with Crippen molar-refractivity contribution < 1.29 is 72.4 Å². The zero-order valence-corrected chi connectivity index (χ0v) is 17.3. The summed E-state index contributed by atoms with van der Waals surface area (Å²) in [5.41, 5.74) is 5.87. The Bertz CT molecular complexity index is 694. The summed E-state index contributed by atoms with van der Waals surface area (Å²) in [6.45, 7) is 3.98. The molecule has 2 aromatic rings. The molecule has 0 unspecified atom stereocenters. The number of hydrogen-bond acceptors (Lipinski definition) is 7. The van der Waals surface area contributed by atoms with Crippen LogP contribution in [0.3, 0.4) is 0 Å². The average molecular weight is 378 g/mol. The Hall–Kier alpha value is -0.545. The molecular weight excluding hydrogens is 363 g/mol. The van der Waals surface area contributed by atoms with Gasteiger partial charge in [0.1, 0.15) is 11.3 Å². The van der Waals surface area contributed by atoms with Gasteiger partial charge < -0.3 is 25.8 Å². The SMILES string of the molecule is COc1cc2c(N)nc(N3[CH-]CNCC3)nc2c(F)c1O.[Rb+]. The first kappa shape index (κ1) is 17.8. The van der Waals surface area contributed by atoms with Gasteiger partial charge in [0.15, 0.2) is 23.3 Å². The fourth-order valence-electron chi connectivity index (χ4n) is 2.24. The minimum absolute atomic E-state index is 0. The van der Waals surface area contributed by atoms with Gasteiger partial charge in [-0.25, -0.2) is 15.9 Å². The summed E-state index contributed by atoms with van der Waals surface area (Å²) in [5.74, 6) is -1.01. The van der Waals surface area contributed by atoms with Gasteiger partial charge in [-0.2, -0.15) is 4.98 Å². The van der Waals surface area contributed by atoms with Crippen LogP contribution in [-0.2, 0) is 0 Å². The van der Waals surface area contributed by atoms with Crippen molar-refractivity contribution in [2.45, 2.75) is 0 Å². The number of nitrogens with one attached hydrogen (secondary N) is 1. The van der Waals surface area contributed by atoms with Crippen LogP contribution in [0.15, 0.2) is 6.07 Å². The molecule has 7 nitrogen and oxygen atoms in total. The third-order valence-electron chi connectivity index (χ3n) is 3.35. The van der Waals surface area contributed by atoms with Gasteiger partial charge in [0.05, 0.1) is 7.11 Å². The first-order valence-electron chi connectivity index (χ1n) is 6.45.